The zero-order valence-electron chi connectivity index (χ0n) is 13.4. The quantitative estimate of drug-likeness (QED) is 0.803. The molecule has 2 atom stereocenters. The summed E-state index contributed by atoms with van der Waals surface area (Å²) >= 11 is 0. The Morgan fingerprint density at radius 3 is 2.91 bits per heavy atom. The molecular weight excluding hydrogens is 292 g/mol. The Morgan fingerprint density at radius 2 is 2.30 bits per heavy atom. The topological polar surface area (TPSA) is 79.2 Å². The van der Waals surface area contributed by atoms with Crippen LogP contribution in [0.5, 0.6) is 5.75 Å². The Hall–Kier alpha value is -2.34. The second-order valence-corrected chi connectivity index (χ2v) is 6.03. The van der Waals surface area contributed by atoms with E-state index >= 15 is 0 Å². The fourth-order valence-corrected chi connectivity index (χ4v) is 2.94. The van der Waals surface area contributed by atoms with Crippen molar-refractivity contribution in [2.75, 3.05) is 6.54 Å². The maximum atomic E-state index is 12.2. The van der Waals surface area contributed by atoms with Crippen LogP contribution in [0, 0.1) is 0 Å². The fraction of sp³-hybridized carbons (Fsp3) is 0.412. The van der Waals surface area contributed by atoms with E-state index in [1.165, 1.54) is 0 Å². The number of phenolic OH excluding ortho intramolecular Hbond substituents is 1. The second kappa shape index (κ2) is 6.42. The lowest BCUT2D eigenvalue weighted by Crippen LogP contribution is -2.41. The SMILES string of the molecule is C[C@H](NC(=O)[C@H]1CCCN1)c1ccc(-c2ccn(C)n2)cc1O. The van der Waals surface area contributed by atoms with Gasteiger partial charge in [-0.3, -0.25) is 9.48 Å². The lowest BCUT2D eigenvalue weighted by atomic mass is 10.0. The Kier molecular flexibility index (Phi) is 4.34. The van der Waals surface area contributed by atoms with E-state index in [0.29, 0.717) is 5.56 Å². The largest absolute Gasteiger partial charge is 0.508 e. The summed E-state index contributed by atoms with van der Waals surface area (Å²) in [5, 5.41) is 20.8. The van der Waals surface area contributed by atoms with Gasteiger partial charge in [0.25, 0.3) is 0 Å². The van der Waals surface area contributed by atoms with E-state index in [1.807, 2.05) is 38.4 Å². The molecule has 0 radical (unpaired) electrons. The molecule has 0 saturated carbocycles. The zero-order valence-corrected chi connectivity index (χ0v) is 13.4. The molecule has 1 aromatic heterocycles. The molecule has 1 fully saturated rings. The third-order valence-corrected chi connectivity index (χ3v) is 4.24. The molecule has 0 spiro atoms. The van der Waals surface area contributed by atoms with Crippen LogP contribution in [0.25, 0.3) is 11.3 Å². The lowest BCUT2D eigenvalue weighted by Gasteiger charge is -2.19. The van der Waals surface area contributed by atoms with Crippen LogP contribution < -0.4 is 10.6 Å². The van der Waals surface area contributed by atoms with Crippen molar-refractivity contribution in [1.29, 1.82) is 0 Å². The smallest absolute Gasteiger partial charge is 0.237 e. The first-order valence-electron chi connectivity index (χ1n) is 7.91. The van der Waals surface area contributed by atoms with Gasteiger partial charge in [0.1, 0.15) is 5.75 Å². The average molecular weight is 314 g/mol. The van der Waals surface area contributed by atoms with Gasteiger partial charge in [0.2, 0.25) is 5.91 Å². The molecule has 2 aromatic rings. The highest BCUT2D eigenvalue weighted by Crippen LogP contribution is 2.29. The highest BCUT2D eigenvalue weighted by atomic mass is 16.3. The van der Waals surface area contributed by atoms with Crippen LogP contribution >= 0.6 is 0 Å². The highest BCUT2D eigenvalue weighted by molar-refractivity contribution is 5.82. The van der Waals surface area contributed by atoms with Crippen molar-refractivity contribution >= 4 is 5.91 Å². The third-order valence-electron chi connectivity index (χ3n) is 4.24. The minimum Gasteiger partial charge on any atom is -0.508 e. The summed E-state index contributed by atoms with van der Waals surface area (Å²) in [5.41, 5.74) is 2.36. The van der Waals surface area contributed by atoms with Crippen LogP contribution in [-0.4, -0.2) is 33.4 Å². The first-order chi connectivity index (χ1) is 11.0. The highest BCUT2D eigenvalue weighted by Gasteiger charge is 2.24. The van der Waals surface area contributed by atoms with E-state index in [0.717, 1.165) is 30.6 Å². The minimum absolute atomic E-state index is 0.0109. The number of carbonyl (C=O) groups excluding carboxylic acids is 1. The second-order valence-electron chi connectivity index (χ2n) is 6.03. The van der Waals surface area contributed by atoms with Crippen LogP contribution in [-0.2, 0) is 11.8 Å². The summed E-state index contributed by atoms with van der Waals surface area (Å²) in [4.78, 5) is 12.2. The lowest BCUT2D eigenvalue weighted by molar-refractivity contribution is -0.123. The molecule has 6 nitrogen and oxygen atoms in total. The standard InChI is InChI=1S/C17H22N4O2/c1-11(19-17(23)15-4-3-8-18-15)13-6-5-12(10-16(13)22)14-7-9-21(2)20-14/h5-7,9-11,15,18,22H,3-4,8H2,1-2H3,(H,19,23)/t11-,15+/m0/s1. The summed E-state index contributed by atoms with van der Waals surface area (Å²) in [6, 6.07) is 6.97. The number of benzene rings is 1. The molecule has 1 amide bonds. The number of phenols is 1. The Morgan fingerprint density at radius 1 is 1.48 bits per heavy atom. The maximum Gasteiger partial charge on any atom is 0.237 e. The number of rotatable bonds is 4. The van der Waals surface area contributed by atoms with Crippen molar-refractivity contribution in [1.82, 2.24) is 20.4 Å². The monoisotopic (exact) mass is 314 g/mol. The molecule has 1 aliphatic heterocycles. The van der Waals surface area contributed by atoms with E-state index in [9.17, 15) is 9.90 Å². The van der Waals surface area contributed by atoms with Crippen molar-refractivity contribution in [2.24, 2.45) is 7.05 Å². The van der Waals surface area contributed by atoms with Crippen LogP contribution in [0.15, 0.2) is 30.5 Å². The number of aromatic hydroxyl groups is 1. The van der Waals surface area contributed by atoms with Gasteiger partial charge in [-0.15, -0.1) is 0 Å². The first kappa shape index (κ1) is 15.6. The predicted octanol–water partition coefficient (Wildman–Crippen LogP) is 1.72. The molecule has 2 heterocycles. The van der Waals surface area contributed by atoms with Crippen molar-refractivity contribution in [3.05, 3.63) is 36.0 Å². The Balaban J connectivity index is 1.73. The molecule has 1 saturated heterocycles. The number of hydrogen-bond donors (Lipinski definition) is 3. The number of nitrogens with one attached hydrogen (secondary N) is 2. The van der Waals surface area contributed by atoms with Gasteiger partial charge < -0.3 is 15.7 Å². The fourth-order valence-electron chi connectivity index (χ4n) is 2.94. The molecule has 6 heteroatoms. The van der Waals surface area contributed by atoms with Crippen LogP contribution in [0.1, 0.15) is 31.4 Å². The van der Waals surface area contributed by atoms with Gasteiger partial charge in [-0.1, -0.05) is 12.1 Å². The summed E-state index contributed by atoms with van der Waals surface area (Å²) in [6.45, 7) is 2.76. The summed E-state index contributed by atoms with van der Waals surface area (Å²) in [5.74, 6) is 0.156. The van der Waals surface area contributed by atoms with Crippen LogP contribution in [0.3, 0.4) is 0 Å². The van der Waals surface area contributed by atoms with Crippen LogP contribution in [0.4, 0.5) is 0 Å². The molecule has 122 valence electrons. The van der Waals surface area contributed by atoms with Gasteiger partial charge in [-0.05, 0) is 38.4 Å². The van der Waals surface area contributed by atoms with Gasteiger partial charge in [0, 0.05) is 24.4 Å². The van der Waals surface area contributed by atoms with Crippen LogP contribution in [0.2, 0.25) is 0 Å². The van der Waals surface area contributed by atoms with Gasteiger partial charge in [0.15, 0.2) is 0 Å². The van der Waals surface area contributed by atoms with E-state index < -0.39 is 0 Å². The number of nitrogens with zero attached hydrogens (tertiary/aromatic N) is 2. The maximum absolute atomic E-state index is 12.2. The first-order valence-corrected chi connectivity index (χ1v) is 7.91. The van der Waals surface area contributed by atoms with Gasteiger partial charge in [-0.2, -0.15) is 5.10 Å². The molecular formula is C17H22N4O2. The molecule has 3 rings (SSSR count). The Bertz CT molecular complexity index is 704. The van der Waals surface area contributed by atoms with Crippen molar-refractivity contribution in [2.45, 2.75) is 31.8 Å². The molecule has 1 aliphatic rings. The molecule has 0 bridgehead atoms. The molecule has 0 unspecified atom stereocenters. The normalized spacial score (nSPS) is 18.8. The number of aryl methyl sites for hydroxylation is 1. The van der Waals surface area contributed by atoms with Gasteiger partial charge in [0.05, 0.1) is 17.8 Å². The van der Waals surface area contributed by atoms with Crippen molar-refractivity contribution in [3.8, 4) is 17.0 Å². The van der Waals surface area contributed by atoms with E-state index in [-0.39, 0.29) is 23.7 Å². The molecule has 0 aliphatic carbocycles. The van der Waals surface area contributed by atoms with Crippen molar-refractivity contribution in [3.63, 3.8) is 0 Å². The summed E-state index contributed by atoms with van der Waals surface area (Å²) in [7, 11) is 1.85. The van der Waals surface area contributed by atoms with Gasteiger partial charge >= 0.3 is 0 Å². The number of amides is 1. The number of carbonyl (C=O) groups is 1. The summed E-state index contributed by atoms with van der Waals surface area (Å²) in [6.07, 6.45) is 3.75. The van der Waals surface area contributed by atoms with E-state index in [2.05, 4.69) is 15.7 Å². The third kappa shape index (κ3) is 3.37. The minimum atomic E-state index is -0.248. The molecule has 1 aromatic carbocycles. The predicted molar refractivity (Wildman–Crippen MR) is 87.9 cm³/mol. The molecule has 23 heavy (non-hydrogen) atoms. The van der Waals surface area contributed by atoms with E-state index in [1.54, 1.807) is 10.7 Å². The van der Waals surface area contributed by atoms with Crippen molar-refractivity contribution < 1.29 is 9.90 Å². The summed E-state index contributed by atoms with van der Waals surface area (Å²) < 4.78 is 1.72. The van der Waals surface area contributed by atoms with Gasteiger partial charge in [-0.25, -0.2) is 0 Å². The zero-order chi connectivity index (χ0) is 16.4. The average Bonchev–Trinajstić information content (AvgIpc) is 3.18. The molecule has 3 N–H and O–H groups in total. The number of aromatic nitrogens is 2. The Labute approximate surface area is 135 Å². The number of hydrogen-bond acceptors (Lipinski definition) is 4. The van der Waals surface area contributed by atoms with E-state index in [4.69, 9.17) is 0 Å².